The van der Waals surface area contributed by atoms with Gasteiger partial charge in [0.1, 0.15) is 5.66 Å². The van der Waals surface area contributed by atoms with Gasteiger partial charge in [0.05, 0.1) is 0 Å². The van der Waals surface area contributed by atoms with Crippen molar-refractivity contribution in [1.29, 1.82) is 0 Å². The van der Waals surface area contributed by atoms with Crippen molar-refractivity contribution in [1.82, 2.24) is 4.90 Å². The molecule has 4 rings (SSSR count). The maximum atomic E-state index is 5.73. The van der Waals surface area contributed by atoms with E-state index in [1.165, 1.54) is 11.3 Å². The minimum atomic E-state index is -0.199. The van der Waals surface area contributed by atoms with Crippen molar-refractivity contribution >= 4 is 28.7 Å². The lowest BCUT2D eigenvalue weighted by molar-refractivity contribution is 0.228. The van der Waals surface area contributed by atoms with Gasteiger partial charge in [-0.3, -0.25) is 0 Å². The monoisotopic (exact) mass is 323 g/mol. The summed E-state index contributed by atoms with van der Waals surface area (Å²) in [6, 6.07) is 18.7. The van der Waals surface area contributed by atoms with E-state index in [1.54, 1.807) is 0 Å². The molecule has 0 spiro atoms. The van der Waals surface area contributed by atoms with Crippen molar-refractivity contribution in [2.75, 3.05) is 17.2 Å². The number of hydrogen-bond acceptors (Lipinski definition) is 2. The van der Waals surface area contributed by atoms with E-state index in [0.29, 0.717) is 0 Å². The lowest BCUT2D eigenvalue weighted by Gasteiger charge is -2.42. The number of anilines is 2. The van der Waals surface area contributed by atoms with E-state index >= 15 is 0 Å². The summed E-state index contributed by atoms with van der Waals surface area (Å²) in [5, 5.41) is 7.89. The Kier molecular flexibility index (Phi) is 3.13. The van der Waals surface area contributed by atoms with E-state index in [9.17, 15) is 0 Å². The fourth-order valence-electron chi connectivity index (χ4n) is 4.06. The second-order valence-electron chi connectivity index (χ2n) is 6.77. The summed E-state index contributed by atoms with van der Waals surface area (Å²) >= 11 is 5.73. The SMILES string of the molecule is C[C@]12CCN(C(=S)Nc3ccccc3)[C@@]1(C)Nc1ccccc12. The van der Waals surface area contributed by atoms with Crippen LogP contribution in [0, 0.1) is 0 Å². The Bertz CT molecular complexity index is 760. The number of benzene rings is 2. The summed E-state index contributed by atoms with van der Waals surface area (Å²) in [5.74, 6) is 0. The molecule has 4 heteroatoms. The topological polar surface area (TPSA) is 27.3 Å². The second-order valence-corrected chi connectivity index (χ2v) is 7.16. The molecule has 0 aromatic heterocycles. The first-order valence-corrected chi connectivity index (χ1v) is 8.47. The third-order valence-corrected chi connectivity index (χ3v) is 5.94. The van der Waals surface area contributed by atoms with Gasteiger partial charge >= 0.3 is 0 Å². The molecule has 3 nitrogen and oxygen atoms in total. The number of fused-ring (bicyclic) bond motifs is 3. The lowest BCUT2D eigenvalue weighted by Crippen LogP contribution is -2.57. The van der Waals surface area contributed by atoms with Crippen LogP contribution in [0.15, 0.2) is 54.6 Å². The summed E-state index contributed by atoms with van der Waals surface area (Å²) in [7, 11) is 0. The summed E-state index contributed by atoms with van der Waals surface area (Å²) in [6.07, 6.45) is 1.09. The van der Waals surface area contributed by atoms with Crippen LogP contribution in [0.25, 0.3) is 0 Å². The number of thiocarbonyl (C=S) groups is 1. The highest BCUT2D eigenvalue weighted by Gasteiger charge is 2.59. The fourth-order valence-corrected chi connectivity index (χ4v) is 4.45. The molecule has 0 aliphatic carbocycles. The quantitative estimate of drug-likeness (QED) is 0.770. The zero-order valence-electron chi connectivity index (χ0n) is 13.5. The van der Waals surface area contributed by atoms with Crippen molar-refractivity contribution < 1.29 is 0 Å². The maximum absolute atomic E-state index is 5.73. The number of nitrogens with zero attached hydrogens (tertiary/aromatic N) is 1. The van der Waals surface area contributed by atoms with E-state index in [4.69, 9.17) is 12.2 Å². The van der Waals surface area contributed by atoms with E-state index in [2.05, 4.69) is 53.6 Å². The third kappa shape index (κ3) is 1.98. The van der Waals surface area contributed by atoms with Crippen LogP contribution < -0.4 is 10.6 Å². The minimum absolute atomic E-state index is 0.0615. The molecule has 0 amide bonds. The molecule has 2 aromatic carbocycles. The van der Waals surface area contributed by atoms with Gasteiger partial charge in [-0.15, -0.1) is 0 Å². The smallest absolute Gasteiger partial charge is 0.175 e. The van der Waals surface area contributed by atoms with Gasteiger partial charge < -0.3 is 15.5 Å². The highest BCUT2D eigenvalue weighted by Crippen LogP contribution is 2.54. The first-order chi connectivity index (χ1) is 11.0. The Morgan fingerprint density at radius 2 is 1.78 bits per heavy atom. The molecule has 0 bridgehead atoms. The molecule has 23 heavy (non-hydrogen) atoms. The highest BCUT2D eigenvalue weighted by atomic mass is 32.1. The fraction of sp³-hybridized carbons (Fsp3) is 0.316. The van der Waals surface area contributed by atoms with Crippen molar-refractivity contribution in [3.05, 3.63) is 60.2 Å². The molecule has 1 saturated heterocycles. The number of likely N-dealkylation sites (tertiary alicyclic amines) is 1. The number of nitrogens with one attached hydrogen (secondary N) is 2. The summed E-state index contributed by atoms with van der Waals surface area (Å²) in [6.45, 7) is 5.56. The van der Waals surface area contributed by atoms with E-state index in [-0.39, 0.29) is 11.1 Å². The molecule has 2 heterocycles. The predicted molar refractivity (Wildman–Crippen MR) is 99.8 cm³/mol. The van der Waals surface area contributed by atoms with Crippen molar-refractivity contribution in [3.8, 4) is 0 Å². The summed E-state index contributed by atoms with van der Waals surface area (Å²) in [5.41, 5.74) is 3.52. The van der Waals surface area contributed by atoms with E-state index in [1.807, 2.05) is 30.3 Å². The van der Waals surface area contributed by atoms with Gasteiger partial charge in [0.25, 0.3) is 0 Å². The second kappa shape index (κ2) is 4.96. The maximum Gasteiger partial charge on any atom is 0.175 e. The molecular formula is C19H21N3S. The molecule has 2 aliphatic heterocycles. The Morgan fingerprint density at radius 3 is 2.57 bits per heavy atom. The van der Waals surface area contributed by atoms with Crippen LogP contribution >= 0.6 is 12.2 Å². The lowest BCUT2D eigenvalue weighted by atomic mass is 9.75. The van der Waals surface area contributed by atoms with E-state index < -0.39 is 0 Å². The van der Waals surface area contributed by atoms with Gasteiger partial charge in [-0.05, 0) is 49.3 Å². The molecule has 2 aromatic rings. The van der Waals surface area contributed by atoms with Crippen LogP contribution in [0.2, 0.25) is 0 Å². The zero-order chi connectivity index (χ0) is 16.1. The predicted octanol–water partition coefficient (Wildman–Crippen LogP) is 4.19. The molecular weight excluding hydrogens is 302 g/mol. The Labute approximate surface area is 142 Å². The van der Waals surface area contributed by atoms with Crippen LogP contribution in [0.5, 0.6) is 0 Å². The molecule has 118 valence electrons. The van der Waals surface area contributed by atoms with E-state index in [0.717, 1.165) is 23.8 Å². The normalized spacial score (nSPS) is 28.0. The Balaban J connectivity index is 1.65. The molecule has 2 aliphatic rings. The van der Waals surface area contributed by atoms with Gasteiger partial charge in [-0.1, -0.05) is 43.3 Å². The molecule has 0 radical (unpaired) electrons. The Hall–Kier alpha value is -2.07. The standard InChI is InChI=1S/C19H21N3S/c1-18-12-13-22(17(23)20-14-8-4-3-5-9-14)19(18,2)21-16-11-7-6-10-15(16)18/h3-11,21H,12-13H2,1-2H3,(H,20,23)/t18-,19-/m1/s1. The van der Waals surface area contributed by atoms with Crippen LogP contribution in [0.4, 0.5) is 11.4 Å². The zero-order valence-corrected chi connectivity index (χ0v) is 14.3. The van der Waals surface area contributed by atoms with Crippen molar-refractivity contribution in [2.24, 2.45) is 0 Å². The summed E-state index contributed by atoms with van der Waals surface area (Å²) in [4.78, 5) is 2.30. The Morgan fingerprint density at radius 1 is 1.09 bits per heavy atom. The van der Waals surface area contributed by atoms with Gasteiger partial charge in [-0.2, -0.15) is 0 Å². The van der Waals surface area contributed by atoms with Gasteiger partial charge in [0, 0.05) is 23.3 Å². The molecule has 0 unspecified atom stereocenters. The first kappa shape index (κ1) is 14.5. The molecule has 0 saturated carbocycles. The number of para-hydroxylation sites is 2. The third-order valence-electron chi connectivity index (χ3n) is 5.62. The van der Waals surface area contributed by atoms with Gasteiger partial charge in [-0.25, -0.2) is 0 Å². The van der Waals surface area contributed by atoms with Crippen LogP contribution in [-0.4, -0.2) is 22.2 Å². The average Bonchev–Trinajstić information content (AvgIpc) is 2.93. The van der Waals surface area contributed by atoms with Crippen LogP contribution in [-0.2, 0) is 5.41 Å². The molecule has 2 atom stereocenters. The van der Waals surface area contributed by atoms with Gasteiger partial charge in [0.15, 0.2) is 5.11 Å². The van der Waals surface area contributed by atoms with Crippen LogP contribution in [0.1, 0.15) is 25.8 Å². The highest BCUT2D eigenvalue weighted by molar-refractivity contribution is 7.80. The van der Waals surface area contributed by atoms with Crippen LogP contribution in [0.3, 0.4) is 0 Å². The number of hydrogen-bond donors (Lipinski definition) is 2. The number of rotatable bonds is 1. The van der Waals surface area contributed by atoms with Gasteiger partial charge in [0.2, 0.25) is 0 Å². The molecule has 1 fully saturated rings. The molecule has 2 N–H and O–H groups in total. The summed E-state index contributed by atoms with van der Waals surface area (Å²) < 4.78 is 0. The van der Waals surface area contributed by atoms with Crippen molar-refractivity contribution in [2.45, 2.75) is 31.3 Å². The largest absolute Gasteiger partial charge is 0.362 e. The average molecular weight is 323 g/mol. The minimum Gasteiger partial charge on any atom is -0.362 e. The van der Waals surface area contributed by atoms with Crippen molar-refractivity contribution in [3.63, 3.8) is 0 Å². The first-order valence-electron chi connectivity index (χ1n) is 8.06.